The predicted octanol–water partition coefficient (Wildman–Crippen LogP) is 1.61. The zero-order chi connectivity index (χ0) is 10.3. The summed E-state index contributed by atoms with van der Waals surface area (Å²) < 4.78 is 2.30. The minimum absolute atomic E-state index is 0.00403. The number of para-hydroxylation sites is 1. The number of halogens is 2. The van der Waals surface area contributed by atoms with Crippen molar-refractivity contribution in [1.82, 2.24) is 5.10 Å². The lowest BCUT2D eigenvalue weighted by Gasteiger charge is -1.98. The molecule has 0 saturated heterocycles. The van der Waals surface area contributed by atoms with Gasteiger partial charge in [0, 0.05) is 22.6 Å². The van der Waals surface area contributed by atoms with Crippen LogP contribution in [0.3, 0.4) is 0 Å². The zero-order valence-electron chi connectivity index (χ0n) is 7.34. The summed E-state index contributed by atoms with van der Waals surface area (Å²) in [5, 5.41) is 4.23. The van der Waals surface area contributed by atoms with Gasteiger partial charge in [0.1, 0.15) is 5.52 Å². The van der Waals surface area contributed by atoms with Gasteiger partial charge in [-0.05, 0) is 12.1 Å². The maximum atomic E-state index is 11.8. The molecule has 5 heteroatoms. The van der Waals surface area contributed by atoms with Crippen LogP contribution in [0.25, 0.3) is 10.9 Å². The van der Waals surface area contributed by atoms with Gasteiger partial charge in [0.15, 0.2) is 7.05 Å². The lowest BCUT2D eigenvalue weighted by Crippen LogP contribution is -2.42. The van der Waals surface area contributed by atoms with Crippen LogP contribution in [0.15, 0.2) is 23.0 Å². The van der Waals surface area contributed by atoms with Crippen LogP contribution in [0.5, 0.6) is 0 Å². The second-order valence-corrected chi connectivity index (χ2v) is 4.38. The van der Waals surface area contributed by atoms with Crippen molar-refractivity contribution in [2.45, 2.75) is 0 Å². The van der Waals surface area contributed by atoms with Crippen molar-refractivity contribution < 1.29 is 4.68 Å². The van der Waals surface area contributed by atoms with Gasteiger partial charge in [-0.1, -0.05) is 17.7 Å². The summed E-state index contributed by atoms with van der Waals surface area (Å²) in [4.78, 5) is 11.8. The molecule has 0 aliphatic rings. The van der Waals surface area contributed by atoms with Crippen molar-refractivity contribution in [2.24, 2.45) is 7.05 Å². The molecule has 0 amide bonds. The summed E-state index contributed by atoms with van der Waals surface area (Å²) in [5.74, 6) is 0. The zero-order valence-corrected chi connectivity index (χ0v) is 10.3. The van der Waals surface area contributed by atoms with Gasteiger partial charge in [0.05, 0.1) is 10.4 Å². The van der Waals surface area contributed by atoms with Gasteiger partial charge in [-0.2, -0.15) is 5.10 Å². The molecule has 0 atom stereocenters. The molecule has 0 aliphatic carbocycles. The molecule has 0 saturated carbocycles. The van der Waals surface area contributed by atoms with E-state index < -0.39 is 0 Å². The first-order chi connectivity index (χ1) is 6.61. The smallest absolute Gasteiger partial charge is 0.281 e. The molecule has 3 nitrogen and oxygen atoms in total. The van der Waals surface area contributed by atoms with Gasteiger partial charge in [-0.15, -0.1) is 4.68 Å². The highest BCUT2D eigenvalue weighted by Gasteiger charge is 2.14. The van der Waals surface area contributed by atoms with E-state index in [2.05, 4.69) is 5.10 Å². The van der Waals surface area contributed by atoms with Gasteiger partial charge >= 0.3 is 3.70 Å². The third kappa shape index (κ3) is 1.42. The Morgan fingerprint density at radius 1 is 1.50 bits per heavy atom. The first kappa shape index (κ1) is 9.92. The van der Waals surface area contributed by atoms with Crippen LogP contribution in [-0.4, -0.2) is 5.10 Å². The number of nitrogens with zero attached hydrogens (tertiary/aromatic N) is 1. The SMILES string of the molecule is C[n+]1[nH]c2c(Cl)cccc2c(=O)c1I. The summed E-state index contributed by atoms with van der Waals surface area (Å²) >= 11 is 7.97. The van der Waals surface area contributed by atoms with Crippen LogP contribution < -0.4 is 10.1 Å². The first-order valence-electron chi connectivity index (χ1n) is 3.97. The molecule has 0 radical (unpaired) electrons. The van der Waals surface area contributed by atoms with Crippen LogP contribution in [0.4, 0.5) is 0 Å². The second-order valence-electron chi connectivity index (χ2n) is 2.95. The Balaban J connectivity index is 3.06. The largest absolute Gasteiger partial charge is 0.312 e. The Labute approximate surface area is 98.8 Å². The highest BCUT2D eigenvalue weighted by Crippen LogP contribution is 2.17. The Hall–Kier alpha value is -0.620. The number of benzene rings is 1. The molecule has 0 bridgehead atoms. The fourth-order valence-electron chi connectivity index (χ4n) is 1.31. The van der Waals surface area contributed by atoms with Crippen molar-refractivity contribution in [3.8, 4) is 0 Å². The van der Waals surface area contributed by atoms with Crippen molar-refractivity contribution in [2.75, 3.05) is 0 Å². The number of nitrogens with one attached hydrogen (secondary N) is 1. The Morgan fingerprint density at radius 2 is 2.21 bits per heavy atom. The molecular formula is C9H7ClIN2O+. The highest BCUT2D eigenvalue weighted by molar-refractivity contribution is 14.1. The summed E-state index contributed by atoms with van der Waals surface area (Å²) in [6.07, 6.45) is 0. The molecule has 72 valence electrons. The molecule has 0 aliphatic heterocycles. The molecule has 0 fully saturated rings. The minimum Gasteiger partial charge on any atom is -0.281 e. The number of H-pyrrole nitrogens is 1. The normalized spacial score (nSPS) is 10.8. The molecule has 0 spiro atoms. The third-order valence-corrected chi connectivity index (χ3v) is 3.55. The Kier molecular flexibility index (Phi) is 2.48. The lowest BCUT2D eigenvalue weighted by atomic mass is 10.2. The molecule has 1 heterocycles. The fourth-order valence-corrected chi connectivity index (χ4v) is 1.94. The molecule has 0 unspecified atom stereocenters. The van der Waals surface area contributed by atoms with Crippen LogP contribution in [-0.2, 0) is 7.05 Å². The predicted molar refractivity (Wildman–Crippen MR) is 63.5 cm³/mol. The maximum absolute atomic E-state index is 11.8. The molecule has 1 aromatic heterocycles. The second kappa shape index (κ2) is 3.51. The van der Waals surface area contributed by atoms with E-state index in [1.165, 1.54) is 0 Å². The third-order valence-electron chi connectivity index (χ3n) is 2.02. The summed E-state index contributed by atoms with van der Waals surface area (Å²) in [5.41, 5.74) is 0.687. The van der Waals surface area contributed by atoms with Crippen molar-refractivity contribution in [1.29, 1.82) is 0 Å². The topological polar surface area (TPSA) is 36.7 Å². The molecule has 1 aromatic carbocycles. The molecule has 2 rings (SSSR count). The van der Waals surface area contributed by atoms with E-state index in [4.69, 9.17) is 11.6 Å². The highest BCUT2D eigenvalue weighted by atomic mass is 127. The number of rotatable bonds is 0. The van der Waals surface area contributed by atoms with E-state index in [1.54, 1.807) is 29.9 Å². The van der Waals surface area contributed by atoms with Crippen molar-refractivity contribution in [3.05, 3.63) is 37.1 Å². The van der Waals surface area contributed by atoms with E-state index in [-0.39, 0.29) is 5.43 Å². The van der Waals surface area contributed by atoms with E-state index in [0.29, 0.717) is 19.6 Å². The standard InChI is InChI=1S/C9H6ClIN2O/c1-13-9(11)8(14)5-3-2-4-6(10)7(5)12-13/h2-4H,1H3/p+1. The van der Waals surface area contributed by atoms with Gasteiger partial charge < -0.3 is 0 Å². The van der Waals surface area contributed by atoms with Gasteiger partial charge in [-0.25, -0.2) is 0 Å². The van der Waals surface area contributed by atoms with Crippen LogP contribution in [0.2, 0.25) is 5.02 Å². The fraction of sp³-hybridized carbons (Fsp3) is 0.111. The number of aryl methyl sites for hydroxylation is 1. The van der Waals surface area contributed by atoms with Gasteiger partial charge in [0.25, 0.3) is 5.43 Å². The van der Waals surface area contributed by atoms with Gasteiger partial charge in [0.2, 0.25) is 0 Å². The van der Waals surface area contributed by atoms with Crippen LogP contribution in [0, 0.1) is 3.70 Å². The van der Waals surface area contributed by atoms with E-state index in [0.717, 1.165) is 0 Å². The maximum Gasteiger partial charge on any atom is 0.312 e. The van der Waals surface area contributed by atoms with Crippen LogP contribution in [0.1, 0.15) is 0 Å². The molecular weight excluding hydrogens is 314 g/mol. The number of aromatic nitrogens is 2. The number of aromatic amines is 1. The number of fused-ring (bicyclic) bond motifs is 1. The van der Waals surface area contributed by atoms with Crippen molar-refractivity contribution >= 4 is 45.1 Å². The quantitative estimate of drug-likeness (QED) is 0.581. The summed E-state index contributed by atoms with van der Waals surface area (Å²) in [6.45, 7) is 0. The summed E-state index contributed by atoms with van der Waals surface area (Å²) in [7, 11) is 1.78. The Morgan fingerprint density at radius 3 is 2.93 bits per heavy atom. The molecule has 1 N–H and O–H groups in total. The van der Waals surface area contributed by atoms with E-state index >= 15 is 0 Å². The monoisotopic (exact) mass is 321 g/mol. The molecule has 14 heavy (non-hydrogen) atoms. The minimum atomic E-state index is 0.00403. The van der Waals surface area contributed by atoms with E-state index in [9.17, 15) is 4.79 Å². The lowest BCUT2D eigenvalue weighted by molar-refractivity contribution is -0.741. The Bertz CT molecular complexity index is 564. The van der Waals surface area contributed by atoms with Crippen molar-refractivity contribution in [3.63, 3.8) is 0 Å². The average molecular weight is 322 g/mol. The summed E-state index contributed by atoms with van der Waals surface area (Å²) in [6, 6.07) is 5.30. The number of hydrogen-bond acceptors (Lipinski definition) is 1. The van der Waals surface area contributed by atoms with Gasteiger partial charge in [-0.3, -0.25) is 4.79 Å². The average Bonchev–Trinajstić information content (AvgIpc) is 2.17. The van der Waals surface area contributed by atoms with Crippen LogP contribution >= 0.6 is 34.2 Å². The number of hydrogen-bond donors (Lipinski definition) is 1. The first-order valence-corrected chi connectivity index (χ1v) is 5.43. The molecule has 2 aromatic rings. The van der Waals surface area contributed by atoms with E-state index in [1.807, 2.05) is 22.6 Å².